The van der Waals surface area contributed by atoms with Gasteiger partial charge in [-0.3, -0.25) is 9.59 Å². The van der Waals surface area contributed by atoms with Crippen LogP contribution in [0.15, 0.2) is 0 Å². The molecule has 2 aliphatic rings. The van der Waals surface area contributed by atoms with Gasteiger partial charge >= 0.3 is 0 Å². The van der Waals surface area contributed by atoms with Gasteiger partial charge in [-0.2, -0.15) is 0 Å². The summed E-state index contributed by atoms with van der Waals surface area (Å²) in [5.74, 6) is 0.726. The summed E-state index contributed by atoms with van der Waals surface area (Å²) in [6.45, 7) is 8.76. The number of piperidine rings is 1. The molecule has 2 fully saturated rings. The van der Waals surface area contributed by atoms with E-state index < -0.39 is 0 Å². The number of carbonyl (C=O) groups is 2. The average molecular weight is 354 g/mol. The Bertz CT molecular complexity index is 428. The van der Waals surface area contributed by atoms with E-state index in [4.69, 9.17) is 4.74 Å². The van der Waals surface area contributed by atoms with Crippen LogP contribution in [0.3, 0.4) is 0 Å². The fourth-order valence-electron chi connectivity index (χ4n) is 3.99. The van der Waals surface area contributed by atoms with Gasteiger partial charge in [-0.25, -0.2) is 0 Å². The highest BCUT2D eigenvalue weighted by atomic mass is 16.5. The molecule has 0 radical (unpaired) electrons. The van der Waals surface area contributed by atoms with Crippen molar-refractivity contribution < 1.29 is 14.3 Å². The summed E-state index contributed by atoms with van der Waals surface area (Å²) < 4.78 is 6.07. The summed E-state index contributed by atoms with van der Waals surface area (Å²) in [5.41, 5.74) is 0. The topological polar surface area (TPSA) is 79.5 Å². The maximum Gasteiger partial charge on any atom is 0.229 e. The molecule has 6 heteroatoms. The maximum atomic E-state index is 12.0. The van der Waals surface area contributed by atoms with Gasteiger partial charge in [0.15, 0.2) is 0 Å². The molecular formula is C19H35N3O3. The number of hydrogen-bond donors (Lipinski definition) is 3. The first kappa shape index (κ1) is 20.2. The molecular weight excluding hydrogens is 318 g/mol. The third-order valence-corrected chi connectivity index (χ3v) is 5.41. The normalized spacial score (nSPS) is 29.0. The Balaban J connectivity index is 1.64. The van der Waals surface area contributed by atoms with Gasteiger partial charge in [0, 0.05) is 12.1 Å². The van der Waals surface area contributed by atoms with Crippen LogP contribution >= 0.6 is 0 Å². The largest absolute Gasteiger partial charge is 0.376 e. The van der Waals surface area contributed by atoms with E-state index in [1.807, 2.05) is 6.92 Å². The van der Waals surface area contributed by atoms with Crippen LogP contribution < -0.4 is 16.0 Å². The van der Waals surface area contributed by atoms with Crippen LogP contribution in [0.4, 0.5) is 0 Å². The monoisotopic (exact) mass is 353 g/mol. The minimum Gasteiger partial charge on any atom is -0.376 e. The van der Waals surface area contributed by atoms with Crippen LogP contribution in [0.5, 0.6) is 0 Å². The first-order chi connectivity index (χ1) is 12.0. The van der Waals surface area contributed by atoms with E-state index in [1.165, 1.54) is 19.3 Å². The van der Waals surface area contributed by atoms with Gasteiger partial charge in [0.05, 0.1) is 12.7 Å². The van der Waals surface area contributed by atoms with E-state index in [9.17, 15) is 9.59 Å². The van der Waals surface area contributed by atoms with Crippen LogP contribution in [0, 0.1) is 11.8 Å². The van der Waals surface area contributed by atoms with Gasteiger partial charge in [-0.1, -0.05) is 20.3 Å². The number of rotatable bonds is 7. The van der Waals surface area contributed by atoms with Crippen molar-refractivity contribution in [3.05, 3.63) is 0 Å². The molecule has 2 amide bonds. The third-order valence-electron chi connectivity index (χ3n) is 5.41. The minimum atomic E-state index is -0.229. The average Bonchev–Trinajstić information content (AvgIpc) is 2.55. The smallest absolute Gasteiger partial charge is 0.229 e. The molecule has 3 atom stereocenters. The molecule has 25 heavy (non-hydrogen) atoms. The zero-order valence-electron chi connectivity index (χ0n) is 16.0. The van der Waals surface area contributed by atoms with Crippen molar-refractivity contribution in [2.45, 2.75) is 77.5 Å². The van der Waals surface area contributed by atoms with Crippen molar-refractivity contribution >= 4 is 11.8 Å². The van der Waals surface area contributed by atoms with E-state index in [0.29, 0.717) is 18.4 Å². The summed E-state index contributed by atoms with van der Waals surface area (Å²) in [7, 11) is 0. The summed E-state index contributed by atoms with van der Waals surface area (Å²) in [6.07, 6.45) is 5.73. The van der Waals surface area contributed by atoms with Crippen molar-refractivity contribution in [3.63, 3.8) is 0 Å². The predicted molar refractivity (Wildman–Crippen MR) is 98.2 cm³/mol. The molecule has 0 aromatic carbocycles. The van der Waals surface area contributed by atoms with Crippen LogP contribution in [0.1, 0.15) is 59.3 Å². The number of hydrogen-bond acceptors (Lipinski definition) is 4. The number of nitrogens with one attached hydrogen (secondary N) is 3. The molecule has 1 saturated heterocycles. The minimum absolute atomic E-state index is 0.0829. The highest BCUT2D eigenvalue weighted by Gasteiger charge is 2.29. The van der Waals surface area contributed by atoms with E-state index in [2.05, 4.69) is 29.8 Å². The Kier molecular flexibility index (Phi) is 8.16. The molecule has 3 N–H and O–H groups in total. The van der Waals surface area contributed by atoms with E-state index >= 15 is 0 Å². The molecule has 144 valence electrons. The zero-order chi connectivity index (χ0) is 18.2. The summed E-state index contributed by atoms with van der Waals surface area (Å²) in [5, 5.41) is 9.08. The molecule has 2 rings (SSSR count). The van der Waals surface area contributed by atoms with Gasteiger partial charge in [-0.05, 0) is 57.5 Å². The van der Waals surface area contributed by atoms with Gasteiger partial charge in [0.2, 0.25) is 11.8 Å². The van der Waals surface area contributed by atoms with Gasteiger partial charge < -0.3 is 20.7 Å². The Hall–Kier alpha value is -1.14. The SMILES string of the molecule is CC(COC1C(C)CCCC1C)NC(=O)CC(=O)NC1CCNCC1. The van der Waals surface area contributed by atoms with Gasteiger partial charge in [0.25, 0.3) is 0 Å². The number of carbonyl (C=O) groups excluding carboxylic acids is 2. The molecule has 6 nitrogen and oxygen atoms in total. The molecule has 1 saturated carbocycles. The van der Waals surface area contributed by atoms with Gasteiger partial charge in [-0.15, -0.1) is 0 Å². The Morgan fingerprint density at radius 1 is 1.08 bits per heavy atom. The van der Waals surface area contributed by atoms with Crippen molar-refractivity contribution in [3.8, 4) is 0 Å². The summed E-state index contributed by atoms with van der Waals surface area (Å²) in [6, 6.07) is 0.108. The van der Waals surface area contributed by atoms with Crippen molar-refractivity contribution in [1.82, 2.24) is 16.0 Å². The molecule has 0 spiro atoms. The lowest BCUT2D eigenvalue weighted by atomic mass is 9.80. The number of amides is 2. The molecule has 1 heterocycles. The lowest BCUT2D eigenvalue weighted by Gasteiger charge is -2.35. The maximum absolute atomic E-state index is 12.0. The van der Waals surface area contributed by atoms with Crippen LogP contribution in [-0.2, 0) is 14.3 Å². The molecule has 0 aromatic heterocycles. The van der Waals surface area contributed by atoms with Crippen LogP contribution in [0.25, 0.3) is 0 Å². The molecule has 1 aliphatic carbocycles. The van der Waals surface area contributed by atoms with Crippen LogP contribution in [-0.4, -0.2) is 49.7 Å². The highest BCUT2D eigenvalue weighted by Crippen LogP contribution is 2.31. The molecule has 0 aromatic rings. The van der Waals surface area contributed by atoms with Crippen molar-refractivity contribution in [2.24, 2.45) is 11.8 Å². The highest BCUT2D eigenvalue weighted by molar-refractivity contribution is 5.97. The van der Waals surface area contributed by atoms with Crippen molar-refractivity contribution in [2.75, 3.05) is 19.7 Å². The first-order valence-corrected chi connectivity index (χ1v) is 9.86. The van der Waals surface area contributed by atoms with Crippen molar-refractivity contribution in [1.29, 1.82) is 0 Å². The zero-order valence-corrected chi connectivity index (χ0v) is 16.0. The lowest BCUT2D eigenvalue weighted by Crippen LogP contribution is -2.45. The second kappa shape index (κ2) is 10.1. The Morgan fingerprint density at radius 3 is 2.36 bits per heavy atom. The third kappa shape index (κ3) is 6.94. The number of ether oxygens (including phenoxy) is 1. The summed E-state index contributed by atoms with van der Waals surface area (Å²) in [4.78, 5) is 24.0. The van der Waals surface area contributed by atoms with Crippen LogP contribution in [0.2, 0.25) is 0 Å². The molecule has 3 unspecified atom stereocenters. The summed E-state index contributed by atoms with van der Waals surface area (Å²) >= 11 is 0. The predicted octanol–water partition coefficient (Wildman–Crippen LogP) is 1.59. The first-order valence-electron chi connectivity index (χ1n) is 9.86. The Labute approximate surface area is 151 Å². The van der Waals surface area contributed by atoms with E-state index in [0.717, 1.165) is 25.9 Å². The standard InChI is InChI=1S/C19H35N3O3/c1-13-5-4-6-14(2)19(13)25-12-15(3)21-17(23)11-18(24)22-16-7-9-20-10-8-16/h13-16,19-20H,4-12H2,1-3H3,(H,21,23)(H,22,24). The van der Waals surface area contributed by atoms with E-state index in [-0.39, 0.29) is 36.4 Å². The second-order valence-electron chi connectivity index (χ2n) is 7.92. The molecule has 0 bridgehead atoms. The fourth-order valence-corrected chi connectivity index (χ4v) is 3.99. The second-order valence-corrected chi connectivity index (χ2v) is 7.92. The molecule has 1 aliphatic heterocycles. The quantitative estimate of drug-likeness (QED) is 0.607. The van der Waals surface area contributed by atoms with Gasteiger partial charge in [0.1, 0.15) is 6.42 Å². The fraction of sp³-hybridized carbons (Fsp3) is 0.895. The Morgan fingerprint density at radius 2 is 1.72 bits per heavy atom. The lowest BCUT2D eigenvalue weighted by molar-refractivity contribution is -0.130. The van der Waals surface area contributed by atoms with E-state index in [1.54, 1.807) is 0 Å².